The van der Waals surface area contributed by atoms with Crippen LogP contribution in [0, 0.1) is 0 Å². The van der Waals surface area contributed by atoms with Gasteiger partial charge in [0.25, 0.3) is 5.56 Å². The molecule has 0 spiro atoms. The highest BCUT2D eigenvalue weighted by Crippen LogP contribution is 2.29. The lowest BCUT2D eigenvalue weighted by Crippen LogP contribution is -2.08. The lowest BCUT2D eigenvalue weighted by atomic mass is 10.1. The van der Waals surface area contributed by atoms with Gasteiger partial charge in [-0.1, -0.05) is 12.1 Å². The van der Waals surface area contributed by atoms with Gasteiger partial charge in [0.2, 0.25) is 0 Å². The highest BCUT2D eigenvalue weighted by Gasteiger charge is 2.29. The topological polar surface area (TPSA) is 63.6 Å². The smallest absolute Gasteiger partial charge is 0.312 e. The Morgan fingerprint density at radius 1 is 1.19 bits per heavy atom. The molecular weight excluding hydrogens is 285 g/mol. The maximum atomic E-state index is 12.5. The molecule has 0 aliphatic heterocycles. The molecule has 0 amide bonds. The third-order valence-corrected chi connectivity index (χ3v) is 3.05. The monoisotopic (exact) mass is 294 g/mol. The molecular formula is C13H9F3N4O. The molecule has 3 aromatic rings. The van der Waals surface area contributed by atoms with Gasteiger partial charge in [0.05, 0.1) is 24.6 Å². The standard InChI is InChI=1S/C13H9F3N4O/c14-13(15,16)9-3-1-8(2-4-9)6-20-11-10(5-19-20)12(21)18-7-17-11/h1-5,7H,6H2,(H,17,18,21). The fourth-order valence-corrected chi connectivity index (χ4v) is 1.99. The SMILES string of the molecule is O=c1[nH]cnc2c1cnn2Cc1ccc(C(F)(F)F)cc1. The minimum Gasteiger partial charge on any atom is -0.312 e. The highest BCUT2D eigenvalue weighted by molar-refractivity contribution is 5.72. The summed E-state index contributed by atoms with van der Waals surface area (Å²) in [6, 6.07) is 4.79. The summed E-state index contributed by atoms with van der Waals surface area (Å²) in [6.07, 6.45) is -1.72. The van der Waals surface area contributed by atoms with Gasteiger partial charge >= 0.3 is 6.18 Å². The first-order valence-corrected chi connectivity index (χ1v) is 6.00. The number of hydrogen-bond acceptors (Lipinski definition) is 3. The van der Waals surface area contributed by atoms with E-state index in [1.165, 1.54) is 29.3 Å². The summed E-state index contributed by atoms with van der Waals surface area (Å²) in [7, 11) is 0. The summed E-state index contributed by atoms with van der Waals surface area (Å²) in [5.74, 6) is 0. The molecule has 5 nitrogen and oxygen atoms in total. The Morgan fingerprint density at radius 3 is 2.57 bits per heavy atom. The van der Waals surface area contributed by atoms with Crippen LogP contribution in [0.15, 0.2) is 41.6 Å². The average molecular weight is 294 g/mol. The quantitative estimate of drug-likeness (QED) is 0.788. The second kappa shape index (κ2) is 4.72. The molecule has 0 aliphatic carbocycles. The third-order valence-electron chi connectivity index (χ3n) is 3.05. The van der Waals surface area contributed by atoms with E-state index in [1.54, 1.807) is 0 Å². The van der Waals surface area contributed by atoms with Crippen molar-refractivity contribution in [3.8, 4) is 0 Å². The number of benzene rings is 1. The van der Waals surface area contributed by atoms with Crippen LogP contribution in [0.25, 0.3) is 11.0 Å². The number of hydrogen-bond donors (Lipinski definition) is 1. The first kappa shape index (κ1) is 13.3. The van der Waals surface area contributed by atoms with Crippen molar-refractivity contribution in [2.24, 2.45) is 0 Å². The molecule has 3 rings (SSSR count). The maximum Gasteiger partial charge on any atom is 0.416 e. The molecule has 0 fully saturated rings. The van der Waals surface area contributed by atoms with Crippen LogP contribution >= 0.6 is 0 Å². The van der Waals surface area contributed by atoms with Crippen LogP contribution in [0.3, 0.4) is 0 Å². The summed E-state index contributed by atoms with van der Waals surface area (Å²) in [6.45, 7) is 0.234. The lowest BCUT2D eigenvalue weighted by Gasteiger charge is -2.08. The van der Waals surface area contributed by atoms with E-state index in [9.17, 15) is 18.0 Å². The van der Waals surface area contributed by atoms with Crippen LogP contribution in [-0.4, -0.2) is 19.7 Å². The normalized spacial score (nSPS) is 12.0. The minimum absolute atomic E-state index is 0.234. The van der Waals surface area contributed by atoms with Crippen LogP contribution in [0.5, 0.6) is 0 Å². The van der Waals surface area contributed by atoms with Crippen molar-refractivity contribution in [1.82, 2.24) is 19.7 Å². The number of rotatable bonds is 2. The van der Waals surface area contributed by atoms with Gasteiger partial charge in [-0.05, 0) is 17.7 Å². The molecule has 108 valence electrons. The van der Waals surface area contributed by atoms with E-state index in [2.05, 4.69) is 15.1 Å². The van der Waals surface area contributed by atoms with Crippen molar-refractivity contribution >= 4 is 11.0 Å². The number of H-pyrrole nitrogens is 1. The zero-order valence-electron chi connectivity index (χ0n) is 10.6. The number of fused-ring (bicyclic) bond motifs is 1. The fourth-order valence-electron chi connectivity index (χ4n) is 1.99. The zero-order valence-corrected chi connectivity index (χ0v) is 10.6. The molecule has 8 heteroatoms. The van der Waals surface area contributed by atoms with Crippen LogP contribution in [-0.2, 0) is 12.7 Å². The summed E-state index contributed by atoms with van der Waals surface area (Å²) >= 11 is 0. The summed E-state index contributed by atoms with van der Waals surface area (Å²) in [5.41, 5.74) is 0.0125. The molecule has 1 N–H and O–H groups in total. The van der Waals surface area contributed by atoms with E-state index >= 15 is 0 Å². The second-order valence-corrected chi connectivity index (χ2v) is 4.47. The molecule has 2 heterocycles. The number of nitrogens with one attached hydrogen (secondary N) is 1. The molecule has 0 saturated heterocycles. The molecule has 0 radical (unpaired) electrons. The Bertz CT molecular complexity index is 833. The first-order chi connectivity index (χ1) is 9.95. The van der Waals surface area contributed by atoms with Crippen molar-refractivity contribution in [3.05, 3.63) is 58.3 Å². The number of aromatic amines is 1. The first-order valence-electron chi connectivity index (χ1n) is 6.00. The van der Waals surface area contributed by atoms with Crippen LogP contribution in [0.2, 0.25) is 0 Å². The van der Waals surface area contributed by atoms with E-state index in [0.717, 1.165) is 12.1 Å². The lowest BCUT2D eigenvalue weighted by molar-refractivity contribution is -0.137. The van der Waals surface area contributed by atoms with Gasteiger partial charge in [-0.2, -0.15) is 18.3 Å². The number of aromatic nitrogens is 4. The van der Waals surface area contributed by atoms with Gasteiger partial charge in [0.15, 0.2) is 5.65 Å². The van der Waals surface area contributed by atoms with Crippen LogP contribution in [0.4, 0.5) is 13.2 Å². The van der Waals surface area contributed by atoms with E-state index < -0.39 is 11.7 Å². The largest absolute Gasteiger partial charge is 0.416 e. The third kappa shape index (κ3) is 2.51. The number of nitrogens with zero attached hydrogens (tertiary/aromatic N) is 3. The second-order valence-electron chi connectivity index (χ2n) is 4.47. The minimum atomic E-state index is -4.36. The molecule has 0 saturated carbocycles. The number of alkyl halides is 3. The van der Waals surface area contributed by atoms with Crippen molar-refractivity contribution in [1.29, 1.82) is 0 Å². The van der Waals surface area contributed by atoms with E-state index in [0.29, 0.717) is 16.6 Å². The van der Waals surface area contributed by atoms with E-state index in [1.807, 2.05) is 0 Å². The fraction of sp³-hybridized carbons (Fsp3) is 0.154. The molecule has 2 aromatic heterocycles. The van der Waals surface area contributed by atoms with E-state index in [-0.39, 0.29) is 12.1 Å². The molecule has 0 unspecified atom stereocenters. The van der Waals surface area contributed by atoms with Crippen molar-refractivity contribution in [3.63, 3.8) is 0 Å². The molecule has 0 aliphatic rings. The summed E-state index contributed by atoms with van der Waals surface area (Å²) in [5, 5.41) is 4.37. The van der Waals surface area contributed by atoms with Gasteiger partial charge in [0, 0.05) is 0 Å². The Labute approximate surface area is 116 Å². The van der Waals surface area contributed by atoms with Gasteiger partial charge in [-0.15, -0.1) is 0 Å². The number of halogens is 3. The van der Waals surface area contributed by atoms with Gasteiger partial charge in [0.1, 0.15) is 5.39 Å². The summed E-state index contributed by atoms with van der Waals surface area (Å²) < 4.78 is 38.9. The Hall–Kier alpha value is -2.64. The summed E-state index contributed by atoms with van der Waals surface area (Å²) in [4.78, 5) is 18.0. The molecule has 1 aromatic carbocycles. The average Bonchev–Trinajstić information content (AvgIpc) is 2.83. The highest BCUT2D eigenvalue weighted by atomic mass is 19.4. The van der Waals surface area contributed by atoms with E-state index in [4.69, 9.17) is 0 Å². The molecule has 0 atom stereocenters. The maximum absolute atomic E-state index is 12.5. The predicted octanol–water partition coefficient (Wildman–Crippen LogP) is 2.19. The Balaban J connectivity index is 1.92. The van der Waals surface area contributed by atoms with Crippen molar-refractivity contribution < 1.29 is 13.2 Å². The predicted molar refractivity (Wildman–Crippen MR) is 68.7 cm³/mol. The van der Waals surface area contributed by atoms with Gasteiger partial charge in [-0.25, -0.2) is 9.67 Å². The van der Waals surface area contributed by atoms with Gasteiger partial charge < -0.3 is 4.98 Å². The van der Waals surface area contributed by atoms with Crippen molar-refractivity contribution in [2.75, 3.05) is 0 Å². The van der Waals surface area contributed by atoms with Crippen LogP contribution in [0.1, 0.15) is 11.1 Å². The molecule has 21 heavy (non-hydrogen) atoms. The van der Waals surface area contributed by atoms with Crippen LogP contribution < -0.4 is 5.56 Å². The Morgan fingerprint density at radius 2 is 1.90 bits per heavy atom. The van der Waals surface area contributed by atoms with Crippen molar-refractivity contribution in [2.45, 2.75) is 12.7 Å². The Kier molecular flexibility index (Phi) is 3.00. The van der Waals surface area contributed by atoms with Gasteiger partial charge in [-0.3, -0.25) is 4.79 Å². The molecule has 0 bridgehead atoms. The zero-order chi connectivity index (χ0) is 15.0.